The zero-order valence-electron chi connectivity index (χ0n) is 11.5. The Balaban J connectivity index is 2.00. The fourth-order valence-corrected chi connectivity index (χ4v) is 1.96. The molecule has 0 amide bonds. The van der Waals surface area contributed by atoms with Gasteiger partial charge in [-0.15, -0.1) is 0 Å². The molecule has 2 rings (SSSR count). The van der Waals surface area contributed by atoms with Gasteiger partial charge in [-0.05, 0) is 18.1 Å². The van der Waals surface area contributed by atoms with Crippen molar-refractivity contribution < 1.29 is 4.74 Å². The zero-order chi connectivity index (χ0) is 13.5. The highest BCUT2D eigenvalue weighted by molar-refractivity contribution is 5.29. The van der Waals surface area contributed by atoms with Gasteiger partial charge < -0.3 is 14.6 Å². The fraction of sp³-hybridized carbons (Fsp3) is 0.429. The molecule has 0 fully saturated rings. The van der Waals surface area contributed by atoms with Crippen LogP contribution in [0.2, 0.25) is 0 Å². The van der Waals surface area contributed by atoms with E-state index in [1.807, 2.05) is 23.0 Å². The highest BCUT2D eigenvalue weighted by atomic mass is 16.5. The molecule has 0 radical (unpaired) electrons. The van der Waals surface area contributed by atoms with Crippen LogP contribution in [0, 0.1) is 0 Å². The van der Waals surface area contributed by atoms with Crippen molar-refractivity contribution in [3.8, 4) is 0 Å². The number of hydrogen-bond acceptors (Lipinski definition) is 4. The van der Waals surface area contributed by atoms with Gasteiger partial charge in [0.2, 0.25) is 5.95 Å². The van der Waals surface area contributed by atoms with E-state index < -0.39 is 0 Å². The molecule has 0 saturated heterocycles. The van der Waals surface area contributed by atoms with Crippen LogP contribution in [0.3, 0.4) is 0 Å². The predicted octanol–water partition coefficient (Wildman–Crippen LogP) is 2.10. The summed E-state index contributed by atoms with van der Waals surface area (Å²) in [4.78, 5) is 8.72. The van der Waals surface area contributed by atoms with Crippen LogP contribution < -0.4 is 5.32 Å². The first-order chi connectivity index (χ1) is 9.35. The molecule has 0 unspecified atom stereocenters. The maximum atomic E-state index is 5.08. The average molecular weight is 260 g/mol. The van der Waals surface area contributed by atoms with Gasteiger partial charge in [0.15, 0.2) is 0 Å². The van der Waals surface area contributed by atoms with Crippen molar-refractivity contribution >= 4 is 5.95 Å². The summed E-state index contributed by atoms with van der Waals surface area (Å²) in [5, 5.41) is 3.33. The van der Waals surface area contributed by atoms with Crippen molar-refractivity contribution in [2.45, 2.75) is 26.4 Å². The van der Waals surface area contributed by atoms with Gasteiger partial charge >= 0.3 is 0 Å². The quantitative estimate of drug-likeness (QED) is 0.828. The molecule has 5 heteroatoms. The molecule has 19 heavy (non-hydrogen) atoms. The lowest BCUT2D eigenvalue weighted by Crippen LogP contribution is -2.11. The molecular formula is C14H20N4O. The molecule has 0 aliphatic heterocycles. The van der Waals surface area contributed by atoms with Gasteiger partial charge in [-0.3, -0.25) is 4.98 Å². The maximum Gasteiger partial charge on any atom is 0.203 e. The van der Waals surface area contributed by atoms with Crippen molar-refractivity contribution in [1.82, 2.24) is 14.5 Å². The highest BCUT2D eigenvalue weighted by Gasteiger charge is 2.05. The molecule has 2 aromatic rings. The Labute approximate surface area is 113 Å². The molecule has 0 bridgehead atoms. The van der Waals surface area contributed by atoms with E-state index in [0.717, 1.165) is 24.6 Å². The molecule has 0 aromatic carbocycles. The van der Waals surface area contributed by atoms with Crippen molar-refractivity contribution in [2.75, 3.05) is 19.0 Å². The molecule has 0 saturated carbocycles. The van der Waals surface area contributed by atoms with Gasteiger partial charge in [0.05, 0.1) is 18.8 Å². The first kappa shape index (κ1) is 13.5. The minimum atomic E-state index is 0.675. The van der Waals surface area contributed by atoms with E-state index in [4.69, 9.17) is 4.74 Å². The van der Waals surface area contributed by atoms with Crippen molar-refractivity contribution in [1.29, 1.82) is 0 Å². The van der Waals surface area contributed by atoms with Crippen molar-refractivity contribution in [2.24, 2.45) is 0 Å². The second-order valence-electron chi connectivity index (χ2n) is 4.25. The molecule has 1 N–H and O–H groups in total. The third-order valence-corrected chi connectivity index (χ3v) is 3.03. The minimum Gasteiger partial charge on any atom is -0.383 e. The largest absolute Gasteiger partial charge is 0.383 e. The lowest BCUT2D eigenvalue weighted by Gasteiger charge is -2.11. The van der Waals surface area contributed by atoms with Crippen LogP contribution in [0.1, 0.15) is 18.2 Å². The Morgan fingerprint density at radius 2 is 2.21 bits per heavy atom. The molecule has 0 aliphatic carbocycles. The SMILES string of the molecule is CCc1cccnc1CNc1nccn1CCOC. The number of rotatable bonds is 7. The monoisotopic (exact) mass is 260 g/mol. The van der Waals surface area contributed by atoms with Crippen LogP contribution in [-0.2, 0) is 24.2 Å². The van der Waals surface area contributed by atoms with Gasteiger partial charge in [0.1, 0.15) is 0 Å². The first-order valence-corrected chi connectivity index (χ1v) is 6.52. The molecule has 0 atom stereocenters. The fourth-order valence-electron chi connectivity index (χ4n) is 1.96. The summed E-state index contributed by atoms with van der Waals surface area (Å²) in [5.74, 6) is 0.852. The van der Waals surface area contributed by atoms with Crippen LogP contribution in [-0.4, -0.2) is 28.3 Å². The number of hydrogen-bond donors (Lipinski definition) is 1. The summed E-state index contributed by atoms with van der Waals surface area (Å²) in [5.41, 5.74) is 2.34. The van der Waals surface area contributed by atoms with Crippen LogP contribution >= 0.6 is 0 Å². The number of nitrogens with zero attached hydrogens (tertiary/aromatic N) is 3. The molecule has 0 aliphatic rings. The molecule has 5 nitrogen and oxygen atoms in total. The maximum absolute atomic E-state index is 5.08. The number of pyridine rings is 1. The van der Waals surface area contributed by atoms with Crippen LogP contribution in [0.15, 0.2) is 30.7 Å². The number of aromatic nitrogens is 3. The van der Waals surface area contributed by atoms with E-state index in [-0.39, 0.29) is 0 Å². The third kappa shape index (κ3) is 3.54. The van der Waals surface area contributed by atoms with Gasteiger partial charge in [0, 0.05) is 32.2 Å². The first-order valence-electron chi connectivity index (χ1n) is 6.52. The van der Waals surface area contributed by atoms with Crippen LogP contribution in [0.25, 0.3) is 0 Å². The number of imidazole rings is 1. The summed E-state index contributed by atoms with van der Waals surface area (Å²) >= 11 is 0. The predicted molar refractivity (Wildman–Crippen MR) is 75.0 cm³/mol. The van der Waals surface area contributed by atoms with Crippen LogP contribution in [0.4, 0.5) is 5.95 Å². The highest BCUT2D eigenvalue weighted by Crippen LogP contribution is 2.10. The van der Waals surface area contributed by atoms with Crippen LogP contribution in [0.5, 0.6) is 0 Å². The van der Waals surface area contributed by atoms with E-state index in [2.05, 4.69) is 28.3 Å². The standard InChI is InChI=1S/C14H20N4O/c1-3-12-5-4-6-15-13(12)11-17-14-16-7-8-18(14)9-10-19-2/h4-8H,3,9-11H2,1-2H3,(H,16,17). The normalized spacial score (nSPS) is 10.6. The van der Waals surface area contributed by atoms with Gasteiger partial charge in [-0.25, -0.2) is 4.98 Å². The van der Waals surface area contributed by atoms with Crippen molar-refractivity contribution in [3.05, 3.63) is 42.0 Å². The molecule has 0 spiro atoms. The van der Waals surface area contributed by atoms with Gasteiger partial charge in [0.25, 0.3) is 0 Å². The van der Waals surface area contributed by atoms with Crippen molar-refractivity contribution in [3.63, 3.8) is 0 Å². The van der Waals surface area contributed by atoms with E-state index in [1.165, 1.54) is 5.56 Å². The summed E-state index contributed by atoms with van der Waals surface area (Å²) in [6, 6.07) is 4.09. The number of ether oxygens (including phenoxy) is 1. The molecular weight excluding hydrogens is 240 g/mol. The van der Waals surface area contributed by atoms with E-state index in [0.29, 0.717) is 13.2 Å². The number of anilines is 1. The Bertz CT molecular complexity index is 510. The van der Waals surface area contributed by atoms with Gasteiger partial charge in [-0.1, -0.05) is 13.0 Å². The molecule has 2 aromatic heterocycles. The topological polar surface area (TPSA) is 52.0 Å². The van der Waals surface area contributed by atoms with E-state index in [9.17, 15) is 0 Å². The Hall–Kier alpha value is -1.88. The molecule has 2 heterocycles. The van der Waals surface area contributed by atoms with E-state index >= 15 is 0 Å². The number of aryl methyl sites for hydroxylation is 1. The lowest BCUT2D eigenvalue weighted by molar-refractivity contribution is 0.187. The summed E-state index contributed by atoms with van der Waals surface area (Å²) in [6.07, 6.45) is 6.55. The van der Waals surface area contributed by atoms with E-state index in [1.54, 1.807) is 13.3 Å². The molecule has 102 valence electrons. The third-order valence-electron chi connectivity index (χ3n) is 3.03. The average Bonchev–Trinajstić information content (AvgIpc) is 2.90. The Morgan fingerprint density at radius 1 is 1.32 bits per heavy atom. The second kappa shape index (κ2) is 6.89. The Morgan fingerprint density at radius 3 is 3.00 bits per heavy atom. The zero-order valence-corrected chi connectivity index (χ0v) is 11.5. The number of methoxy groups -OCH3 is 1. The number of nitrogens with one attached hydrogen (secondary N) is 1. The lowest BCUT2D eigenvalue weighted by atomic mass is 10.1. The summed E-state index contributed by atoms with van der Waals surface area (Å²) in [6.45, 7) is 4.30. The smallest absolute Gasteiger partial charge is 0.203 e. The second-order valence-corrected chi connectivity index (χ2v) is 4.25. The summed E-state index contributed by atoms with van der Waals surface area (Å²) < 4.78 is 7.12. The Kier molecular flexibility index (Phi) is 4.92. The summed E-state index contributed by atoms with van der Waals surface area (Å²) in [7, 11) is 1.70. The van der Waals surface area contributed by atoms with Gasteiger partial charge in [-0.2, -0.15) is 0 Å². The minimum absolute atomic E-state index is 0.675.